The number of benzene rings is 1. The van der Waals surface area contributed by atoms with Crippen molar-refractivity contribution in [3.8, 4) is 5.75 Å². The molecule has 0 saturated carbocycles. The lowest BCUT2D eigenvalue weighted by Crippen LogP contribution is -2.42. The van der Waals surface area contributed by atoms with Crippen molar-refractivity contribution in [2.45, 2.75) is 45.4 Å². The van der Waals surface area contributed by atoms with Crippen molar-refractivity contribution in [1.29, 1.82) is 0 Å². The van der Waals surface area contributed by atoms with Crippen LogP contribution in [0.5, 0.6) is 5.75 Å². The van der Waals surface area contributed by atoms with Crippen molar-refractivity contribution in [3.63, 3.8) is 0 Å². The van der Waals surface area contributed by atoms with Crippen LogP contribution < -0.4 is 10.1 Å². The van der Waals surface area contributed by atoms with Gasteiger partial charge in [-0.1, -0.05) is 25.5 Å². The van der Waals surface area contributed by atoms with Crippen molar-refractivity contribution in [2.24, 2.45) is 5.41 Å². The largest absolute Gasteiger partial charge is 0.497 e. The summed E-state index contributed by atoms with van der Waals surface area (Å²) in [5, 5.41) is 3.37. The predicted octanol–water partition coefficient (Wildman–Crippen LogP) is 3.37. The van der Waals surface area contributed by atoms with Crippen molar-refractivity contribution in [1.82, 2.24) is 5.32 Å². The van der Waals surface area contributed by atoms with Crippen LogP contribution in [-0.2, 0) is 11.2 Å². The molecule has 1 heterocycles. The molecule has 0 amide bonds. The van der Waals surface area contributed by atoms with Gasteiger partial charge >= 0.3 is 0 Å². The van der Waals surface area contributed by atoms with Gasteiger partial charge in [0.05, 0.1) is 7.11 Å². The first-order valence-corrected chi connectivity index (χ1v) is 8.07. The number of hydrogen-bond acceptors (Lipinski definition) is 3. The van der Waals surface area contributed by atoms with E-state index in [2.05, 4.69) is 24.4 Å². The van der Waals surface area contributed by atoms with E-state index in [-0.39, 0.29) is 5.41 Å². The van der Waals surface area contributed by atoms with Gasteiger partial charge in [-0.05, 0) is 56.5 Å². The highest BCUT2D eigenvalue weighted by Gasteiger charge is 2.37. The molecule has 2 rings (SSSR count). The molecule has 1 aromatic rings. The molecule has 0 spiro atoms. The highest BCUT2D eigenvalue weighted by atomic mass is 16.5. The second-order valence-electron chi connectivity index (χ2n) is 6.05. The van der Waals surface area contributed by atoms with E-state index in [4.69, 9.17) is 4.74 Å². The quantitative estimate of drug-likeness (QED) is 0.836. The Balaban J connectivity index is 1.94. The van der Waals surface area contributed by atoms with Crippen LogP contribution in [0.3, 0.4) is 0 Å². The molecule has 0 aromatic heterocycles. The lowest BCUT2D eigenvalue weighted by Gasteiger charge is -2.36. The number of carbonyl (C=O) groups excluding carboxylic acids is 1. The number of methoxy groups -OCH3 is 1. The van der Waals surface area contributed by atoms with E-state index >= 15 is 0 Å². The Morgan fingerprint density at radius 3 is 2.48 bits per heavy atom. The Bertz CT molecular complexity index is 441. The number of ketones is 1. The number of ether oxygens (including phenoxy) is 1. The Morgan fingerprint density at radius 1 is 1.24 bits per heavy atom. The zero-order chi connectivity index (χ0) is 15.1. The van der Waals surface area contributed by atoms with E-state index in [1.165, 1.54) is 5.56 Å². The summed E-state index contributed by atoms with van der Waals surface area (Å²) in [6, 6.07) is 8.04. The fourth-order valence-electron chi connectivity index (χ4n) is 3.37. The summed E-state index contributed by atoms with van der Waals surface area (Å²) in [5.41, 5.74) is 1.15. The smallest absolute Gasteiger partial charge is 0.139 e. The molecule has 21 heavy (non-hydrogen) atoms. The summed E-state index contributed by atoms with van der Waals surface area (Å²) in [6.45, 7) is 4.14. The van der Waals surface area contributed by atoms with Crippen LogP contribution in [0.1, 0.15) is 44.6 Å². The number of carbonyl (C=O) groups is 1. The average molecular weight is 289 g/mol. The third kappa shape index (κ3) is 4.07. The third-order valence-electron chi connectivity index (χ3n) is 4.68. The summed E-state index contributed by atoms with van der Waals surface area (Å²) in [4.78, 5) is 12.8. The molecule has 0 radical (unpaired) electrons. The molecule has 0 bridgehead atoms. The number of piperidine rings is 1. The van der Waals surface area contributed by atoms with Gasteiger partial charge in [0.15, 0.2) is 0 Å². The van der Waals surface area contributed by atoms with Crippen LogP contribution in [0.2, 0.25) is 0 Å². The zero-order valence-electron chi connectivity index (χ0n) is 13.3. The lowest BCUT2D eigenvalue weighted by atomic mass is 9.71. The molecule has 3 nitrogen and oxygen atoms in total. The van der Waals surface area contributed by atoms with E-state index < -0.39 is 0 Å². The summed E-state index contributed by atoms with van der Waals surface area (Å²) < 4.78 is 5.16. The SMILES string of the molecule is CCCC1(C(=O)CCc2ccc(OC)cc2)CCNCC1. The highest BCUT2D eigenvalue weighted by Crippen LogP contribution is 2.36. The Labute approximate surface area is 128 Å². The number of rotatable bonds is 7. The zero-order valence-corrected chi connectivity index (χ0v) is 13.3. The second kappa shape index (κ2) is 7.60. The Hall–Kier alpha value is -1.35. The monoisotopic (exact) mass is 289 g/mol. The number of hydrogen-bond donors (Lipinski definition) is 1. The number of Topliss-reactive ketones (excluding diaryl/α,β-unsaturated/α-hetero) is 1. The van der Waals surface area contributed by atoms with Gasteiger partial charge in [0.25, 0.3) is 0 Å². The van der Waals surface area contributed by atoms with Gasteiger partial charge in [-0.3, -0.25) is 4.79 Å². The fourth-order valence-corrected chi connectivity index (χ4v) is 3.37. The standard InChI is InChI=1S/C18H27NO2/c1-3-10-18(11-13-19-14-12-18)17(20)9-6-15-4-7-16(21-2)8-5-15/h4-5,7-8,19H,3,6,9-14H2,1-2H3. The minimum atomic E-state index is -0.0630. The first-order valence-electron chi connectivity index (χ1n) is 8.07. The molecule has 3 heteroatoms. The van der Waals surface area contributed by atoms with Gasteiger partial charge in [-0.15, -0.1) is 0 Å². The highest BCUT2D eigenvalue weighted by molar-refractivity contribution is 5.85. The number of aryl methyl sites for hydroxylation is 1. The van der Waals surface area contributed by atoms with E-state index in [0.29, 0.717) is 12.2 Å². The van der Waals surface area contributed by atoms with Gasteiger partial charge in [-0.25, -0.2) is 0 Å². The summed E-state index contributed by atoms with van der Waals surface area (Å²) >= 11 is 0. The molecular formula is C18H27NO2. The van der Waals surface area contributed by atoms with Crippen LogP contribution in [0.4, 0.5) is 0 Å². The fraction of sp³-hybridized carbons (Fsp3) is 0.611. The van der Waals surface area contributed by atoms with E-state index in [1.807, 2.05) is 12.1 Å². The molecule has 1 aliphatic heterocycles. The van der Waals surface area contributed by atoms with Crippen LogP contribution in [0.25, 0.3) is 0 Å². The molecule has 1 N–H and O–H groups in total. The van der Waals surface area contributed by atoms with Gasteiger partial charge in [-0.2, -0.15) is 0 Å². The maximum Gasteiger partial charge on any atom is 0.139 e. The predicted molar refractivity (Wildman–Crippen MR) is 85.8 cm³/mol. The van der Waals surface area contributed by atoms with Crippen LogP contribution in [0, 0.1) is 5.41 Å². The second-order valence-corrected chi connectivity index (χ2v) is 6.05. The third-order valence-corrected chi connectivity index (χ3v) is 4.68. The van der Waals surface area contributed by atoms with E-state index in [1.54, 1.807) is 7.11 Å². The molecule has 116 valence electrons. The van der Waals surface area contributed by atoms with Crippen LogP contribution >= 0.6 is 0 Å². The Morgan fingerprint density at radius 2 is 1.90 bits per heavy atom. The maximum atomic E-state index is 12.8. The first kappa shape index (κ1) is 16.0. The number of nitrogens with one attached hydrogen (secondary N) is 1. The van der Waals surface area contributed by atoms with Crippen LogP contribution in [-0.4, -0.2) is 26.0 Å². The normalized spacial score (nSPS) is 17.4. The molecule has 1 saturated heterocycles. The van der Waals surface area contributed by atoms with E-state index in [0.717, 1.165) is 50.9 Å². The van der Waals surface area contributed by atoms with Gasteiger partial charge in [0.1, 0.15) is 11.5 Å². The van der Waals surface area contributed by atoms with E-state index in [9.17, 15) is 4.79 Å². The molecule has 1 aliphatic rings. The molecule has 1 fully saturated rings. The summed E-state index contributed by atoms with van der Waals surface area (Å²) in [7, 11) is 1.67. The van der Waals surface area contributed by atoms with Crippen LogP contribution in [0.15, 0.2) is 24.3 Å². The minimum Gasteiger partial charge on any atom is -0.497 e. The van der Waals surface area contributed by atoms with Crippen molar-refractivity contribution in [3.05, 3.63) is 29.8 Å². The van der Waals surface area contributed by atoms with Gasteiger partial charge in [0.2, 0.25) is 0 Å². The van der Waals surface area contributed by atoms with Crippen molar-refractivity contribution in [2.75, 3.05) is 20.2 Å². The average Bonchev–Trinajstić information content (AvgIpc) is 2.54. The maximum absolute atomic E-state index is 12.8. The topological polar surface area (TPSA) is 38.3 Å². The Kier molecular flexibility index (Phi) is 5.80. The molecule has 0 unspecified atom stereocenters. The molecule has 1 aromatic carbocycles. The lowest BCUT2D eigenvalue weighted by molar-refractivity contribution is -0.130. The molecule has 0 aliphatic carbocycles. The summed E-state index contributed by atoms with van der Waals surface area (Å²) in [5.74, 6) is 1.33. The van der Waals surface area contributed by atoms with Crippen molar-refractivity contribution < 1.29 is 9.53 Å². The molecule has 0 atom stereocenters. The van der Waals surface area contributed by atoms with Gasteiger partial charge < -0.3 is 10.1 Å². The minimum absolute atomic E-state index is 0.0630. The first-order chi connectivity index (χ1) is 10.2. The summed E-state index contributed by atoms with van der Waals surface area (Å²) in [6.07, 6.45) is 5.63. The van der Waals surface area contributed by atoms with Crippen molar-refractivity contribution >= 4 is 5.78 Å². The molecular weight excluding hydrogens is 262 g/mol. The van der Waals surface area contributed by atoms with Gasteiger partial charge in [0, 0.05) is 11.8 Å².